The number of nitrogens with one attached hydrogen (secondary N) is 1. The predicted octanol–water partition coefficient (Wildman–Crippen LogP) is 3.64. The van der Waals surface area contributed by atoms with Crippen molar-refractivity contribution in [3.8, 4) is 0 Å². The van der Waals surface area contributed by atoms with Gasteiger partial charge in [0.25, 0.3) is 0 Å². The van der Waals surface area contributed by atoms with Gasteiger partial charge in [-0.2, -0.15) is 0 Å². The quantitative estimate of drug-likeness (QED) is 0.761. The number of hydrogen-bond donors (Lipinski definition) is 1. The zero-order valence-corrected chi connectivity index (χ0v) is 14.9. The molecule has 3 aromatic rings. The maximum atomic E-state index is 12.9. The third-order valence-corrected chi connectivity index (χ3v) is 6.78. The molecule has 0 aliphatic carbocycles. The fraction of sp³-hybridized carbons (Fsp3) is 0.300. The summed E-state index contributed by atoms with van der Waals surface area (Å²) in [4.78, 5) is 6.30. The summed E-state index contributed by atoms with van der Waals surface area (Å²) in [7, 11) is -3.50. The van der Waals surface area contributed by atoms with Crippen molar-refractivity contribution in [2.45, 2.75) is 29.1 Å². The molecule has 1 aliphatic heterocycles. The van der Waals surface area contributed by atoms with E-state index in [1.165, 1.54) is 31.5 Å². The van der Waals surface area contributed by atoms with Gasteiger partial charge in [-0.1, -0.05) is 30.3 Å². The zero-order valence-electron chi connectivity index (χ0n) is 14.1. The summed E-state index contributed by atoms with van der Waals surface area (Å²) < 4.78 is 25.7. The normalized spacial score (nSPS) is 15.8. The number of H-pyrrole nitrogens is 1. The number of rotatable bonds is 5. The van der Waals surface area contributed by atoms with Gasteiger partial charge in [-0.15, -0.1) is 0 Å². The predicted molar refractivity (Wildman–Crippen MR) is 99.6 cm³/mol. The molecule has 4 rings (SSSR count). The topological polar surface area (TPSA) is 53.2 Å². The van der Waals surface area contributed by atoms with Gasteiger partial charge in [-0.3, -0.25) is 0 Å². The maximum Gasteiger partial charge on any atom is 0.208 e. The molecule has 1 N–H and O–H groups in total. The van der Waals surface area contributed by atoms with Gasteiger partial charge in [-0.05, 0) is 56.1 Å². The second-order valence-electron chi connectivity index (χ2n) is 6.65. The monoisotopic (exact) mass is 354 g/mol. The van der Waals surface area contributed by atoms with Crippen LogP contribution in [0.5, 0.6) is 0 Å². The number of hydrogen-bond acceptors (Lipinski definition) is 3. The lowest BCUT2D eigenvalue weighted by Gasteiger charge is -2.14. The fourth-order valence-electron chi connectivity index (χ4n) is 3.54. The Kier molecular flexibility index (Phi) is 4.36. The SMILES string of the molecule is O=S(=O)(c1ccccc1)c1c[nH]c2cc(CCN3CCCC3)ccc12. The summed E-state index contributed by atoms with van der Waals surface area (Å²) in [5.74, 6) is 0. The first kappa shape index (κ1) is 16.4. The first-order chi connectivity index (χ1) is 12.1. The maximum absolute atomic E-state index is 12.9. The number of benzene rings is 2. The molecule has 0 radical (unpaired) electrons. The molecule has 1 saturated heterocycles. The van der Waals surface area contributed by atoms with E-state index in [4.69, 9.17) is 0 Å². The minimum absolute atomic E-state index is 0.328. The van der Waals surface area contributed by atoms with Gasteiger partial charge in [0.2, 0.25) is 9.84 Å². The van der Waals surface area contributed by atoms with Crippen molar-refractivity contribution in [1.82, 2.24) is 9.88 Å². The van der Waals surface area contributed by atoms with Crippen LogP contribution < -0.4 is 0 Å². The Bertz CT molecular complexity index is 971. The molecule has 0 unspecified atom stereocenters. The standard InChI is InChI=1S/C20H22N2O2S/c23-25(24,17-6-2-1-3-7-17)20-15-21-19-14-16(8-9-18(19)20)10-13-22-11-4-5-12-22/h1-3,6-9,14-15,21H,4-5,10-13H2. The lowest BCUT2D eigenvalue weighted by molar-refractivity contribution is 0.343. The van der Waals surface area contributed by atoms with E-state index in [0.29, 0.717) is 9.79 Å². The van der Waals surface area contributed by atoms with Crippen LogP contribution in [0.15, 0.2) is 64.5 Å². The fourth-order valence-corrected chi connectivity index (χ4v) is 5.00. The molecule has 0 spiro atoms. The van der Waals surface area contributed by atoms with Gasteiger partial charge >= 0.3 is 0 Å². The van der Waals surface area contributed by atoms with Crippen molar-refractivity contribution in [2.24, 2.45) is 0 Å². The molecule has 4 nitrogen and oxygen atoms in total. The number of likely N-dealkylation sites (tertiary alicyclic amines) is 1. The molecule has 2 heterocycles. The van der Waals surface area contributed by atoms with Crippen molar-refractivity contribution in [3.63, 3.8) is 0 Å². The highest BCUT2D eigenvalue weighted by molar-refractivity contribution is 7.91. The molecule has 1 fully saturated rings. The molecule has 1 aromatic heterocycles. The van der Waals surface area contributed by atoms with Crippen molar-refractivity contribution in [1.29, 1.82) is 0 Å². The second kappa shape index (κ2) is 6.65. The molecule has 1 aliphatic rings. The van der Waals surface area contributed by atoms with Crippen LogP contribution in [0.2, 0.25) is 0 Å². The van der Waals surface area contributed by atoms with E-state index in [2.05, 4.69) is 22.0 Å². The van der Waals surface area contributed by atoms with Crippen LogP contribution in [0.4, 0.5) is 0 Å². The van der Waals surface area contributed by atoms with E-state index in [1.807, 2.05) is 12.1 Å². The Morgan fingerprint density at radius 2 is 1.76 bits per heavy atom. The highest BCUT2D eigenvalue weighted by Gasteiger charge is 2.21. The summed E-state index contributed by atoms with van der Waals surface area (Å²) in [5, 5.41) is 0.758. The second-order valence-corrected chi connectivity index (χ2v) is 8.57. The van der Waals surface area contributed by atoms with Crippen LogP contribution in [-0.2, 0) is 16.3 Å². The number of nitrogens with zero attached hydrogens (tertiary/aromatic N) is 1. The lowest BCUT2D eigenvalue weighted by Crippen LogP contribution is -2.21. The van der Waals surface area contributed by atoms with E-state index in [9.17, 15) is 8.42 Å². The molecule has 130 valence electrons. The smallest absolute Gasteiger partial charge is 0.208 e. The van der Waals surface area contributed by atoms with Gasteiger partial charge < -0.3 is 9.88 Å². The Morgan fingerprint density at radius 1 is 1.00 bits per heavy atom. The average Bonchev–Trinajstić information content (AvgIpc) is 3.30. The first-order valence-electron chi connectivity index (χ1n) is 8.77. The Balaban J connectivity index is 1.62. The van der Waals surface area contributed by atoms with E-state index in [0.717, 1.165) is 23.9 Å². The highest BCUT2D eigenvalue weighted by atomic mass is 32.2. The molecule has 0 atom stereocenters. The van der Waals surface area contributed by atoms with E-state index in [1.54, 1.807) is 30.5 Å². The van der Waals surface area contributed by atoms with Crippen LogP contribution in [0.25, 0.3) is 10.9 Å². The van der Waals surface area contributed by atoms with Crippen LogP contribution in [-0.4, -0.2) is 37.9 Å². The van der Waals surface area contributed by atoms with Gasteiger partial charge in [0, 0.05) is 23.6 Å². The third kappa shape index (κ3) is 3.22. The van der Waals surface area contributed by atoms with Crippen LogP contribution >= 0.6 is 0 Å². The van der Waals surface area contributed by atoms with Gasteiger partial charge in [0.15, 0.2) is 0 Å². The van der Waals surface area contributed by atoms with E-state index >= 15 is 0 Å². The number of sulfone groups is 1. The summed E-state index contributed by atoms with van der Waals surface area (Å²) in [5.41, 5.74) is 2.12. The number of fused-ring (bicyclic) bond motifs is 1. The third-order valence-electron chi connectivity index (χ3n) is 4.97. The van der Waals surface area contributed by atoms with E-state index in [-0.39, 0.29) is 0 Å². The molecule has 5 heteroatoms. The zero-order chi connectivity index (χ0) is 17.3. The summed E-state index contributed by atoms with van der Waals surface area (Å²) in [6, 6.07) is 14.7. The van der Waals surface area contributed by atoms with Crippen LogP contribution in [0, 0.1) is 0 Å². The van der Waals surface area contributed by atoms with Crippen molar-refractivity contribution in [3.05, 3.63) is 60.3 Å². The summed E-state index contributed by atoms with van der Waals surface area (Å²) in [6.45, 7) is 3.47. The number of aromatic amines is 1. The summed E-state index contributed by atoms with van der Waals surface area (Å²) in [6.07, 6.45) is 5.21. The van der Waals surface area contributed by atoms with Gasteiger partial charge in [-0.25, -0.2) is 8.42 Å². The molecule has 0 saturated carbocycles. The van der Waals surface area contributed by atoms with Crippen molar-refractivity contribution >= 4 is 20.7 Å². The molecule has 0 bridgehead atoms. The van der Waals surface area contributed by atoms with Gasteiger partial charge in [0.05, 0.1) is 9.79 Å². The Morgan fingerprint density at radius 3 is 2.52 bits per heavy atom. The summed E-state index contributed by atoms with van der Waals surface area (Å²) >= 11 is 0. The van der Waals surface area contributed by atoms with Crippen molar-refractivity contribution < 1.29 is 8.42 Å². The largest absolute Gasteiger partial charge is 0.360 e. The van der Waals surface area contributed by atoms with Gasteiger partial charge in [0.1, 0.15) is 0 Å². The molecule has 2 aromatic carbocycles. The minimum Gasteiger partial charge on any atom is -0.360 e. The molecule has 0 amide bonds. The van der Waals surface area contributed by atoms with Crippen LogP contribution in [0.1, 0.15) is 18.4 Å². The Hall–Kier alpha value is -2.11. The number of aromatic nitrogens is 1. The van der Waals surface area contributed by atoms with Crippen molar-refractivity contribution in [2.75, 3.05) is 19.6 Å². The Labute approximate surface area is 148 Å². The average molecular weight is 354 g/mol. The molecule has 25 heavy (non-hydrogen) atoms. The first-order valence-corrected chi connectivity index (χ1v) is 10.3. The van der Waals surface area contributed by atoms with Crippen LogP contribution in [0.3, 0.4) is 0 Å². The highest BCUT2D eigenvalue weighted by Crippen LogP contribution is 2.29. The lowest BCUT2D eigenvalue weighted by atomic mass is 10.1. The minimum atomic E-state index is -3.50. The van der Waals surface area contributed by atoms with E-state index < -0.39 is 9.84 Å². The molecular formula is C20H22N2O2S. The molecular weight excluding hydrogens is 332 g/mol.